The number of carbonyl (C=O) groups is 4. The minimum atomic E-state index is -1.35. The van der Waals surface area contributed by atoms with Crippen molar-refractivity contribution >= 4 is 23.9 Å². The van der Waals surface area contributed by atoms with Crippen LogP contribution in [0, 0.1) is 11.8 Å². The van der Waals surface area contributed by atoms with Crippen LogP contribution in [-0.4, -0.2) is 69.6 Å². The Morgan fingerprint density at radius 3 is 1.88 bits per heavy atom. The zero-order valence-corrected chi connectivity index (χ0v) is 19.0. The number of methoxy groups -OCH3 is 3. The van der Waals surface area contributed by atoms with Gasteiger partial charge in [-0.1, -0.05) is 30.3 Å². The monoisotopic (exact) mass is 464 g/mol. The van der Waals surface area contributed by atoms with Crippen LogP contribution in [0.25, 0.3) is 0 Å². The van der Waals surface area contributed by atoms with Gasteiger partial charge in [-0.3, -0.25) is 14.4 Å². The van der Waals surface area contributed by atoms with Gasteiger partial charge in [0.15, 0.2) is 6.10 Å². The largest absolute Gasteiger partial charge is 0.469 e. The Bertz CT molecular complexity index is 900. The summed E-state index contributed by atoms with van der Waals surface area (Å²) in [4.78, 5) is 49.8. The lowest BCUT2D eigenvalue weighted by molar-refractivity contribution is -0.175. The summed E-state index contributed by atoms with van der Waals surface area (Å²) in [5.74, 6) is -4.88. The molecule has 0 aromatic heterocycles. The first kappa shape index (κ1) is 24.7. The molecule has 5 atom stereocenters. The molecule has 0 radical (unpaired) electrons. The number of esters is 4. The van der Waals surface area contributed by atoms with Gasteiger partial charge in [-0.2, -0.15) is 0 Å². The van der Waals surface area contributed by atoms with E-state index < -0.39 is 53.0 Å². The van der Waals surface area contributed by atoms with Gasteiger partial charge >= 0.3 is 23.9 Å². The number of benzene rings is 1. The first-order chi connectivity index (χ1) is 15.7. The van der Waals surface area contributed by atoms with E-state index in [1.54, 1.807) is 24.3 Å². The fourth-order valence-corrected chi connectivity index (χ4v) is 4.80. The standard InChI is InChI=1S/C23H28O10/c1-14(24)31-12-22-10-11-23(33-22,17(20(26)30-4)16(22)19(25)29-3)13-32-21(27)18(28-2)15-8-6-5-7-9-15/h5-9,16-18H,10-13H2,1-4H3/t16-,17+,18-,22-,23+/m1/s1. The van der Waals surface area contributed by atoms with Gasteiger partial charge in [0, 0.05) is 14.0 Å². The Balaban J connectivity index is 1.89. The van der Waals surface area contributed by atoms with E-state index in [1.165, 1.54) is 28.3 Å². The number of ether oxygens (including phenoxy) is 6. The molecule has 2 bridgehead atoms. The summed E-state index contributed by atoms with van der Waals surface area (Å²) in [7, 11) is 3.77. The summed E-state index contributed by atoms with van der Waals surface area (Å²) in [6.07, 6.45) is -0.417. The lowest BCUT2D eigenvalue weighted by atomic mass is 9.66. The molecule has 0 saturated carbocycles. The van der Waals surface area contributed by atoms with Crippen LogP contribution >= 0.6 is 0 Å². The number of rotatable bonds is 9. The lowest BCUT2D eigenvalue weighted by Gasteiger charge is -2.35. The second kappa shape index (κ2) is 9.88. The van der Waals surface area contributed by atoms with Crippen molar-refractivity contribution in [1.29, 1.82) is 0 Å². The Labute approximate surface area is 191 Å². The first-order valence-corrected chi connectivity index (χ1v) is 10.5. The molecule has 10 heteroatoms. The summed E-state index contributed by atoms with van der Waals surface area (Å²) in [5.41, 5.74) is -2.05. The molecular formula is C23H28O10. The molecule has 0 amide bonds. The highest BCUT2D eigenvalue weighted by atomic mass is 16.6. The van der Waals surface area contributed by atoms with E-state index in [2.05, 4.69) is 0 Å². The lowest BCUT2D eigenvalue weighted by Crippen LogP contribution is -2.52. The minimum absolute atomic E-state index is 0.254. The van der Waals surface area contributed by atoms with E-state index in [4.69, 9.17) is 28.4 Å². The molecule has 33 heavy (non-hydrogen) atoms. The molecule has 3 rings (SSSR count). The average Bonchev–Trinajstić information content (AvgIpc) is 3.34. The van der Waals surface area contributed by atoms with Crippen LogP contribution < -0.4 is 0 Å². The van der Waals surface area contributed by atoms with Crippen molar-refractivity contribution in [3.05, 3.63) is 35.9 Å². The van der Waals surface area contributed by atoms with Gasteiger partial charge in [-0.05, 0) is 18.4 Å². The number of hydrogen-bond donors (Lipinski definition) is 0. The van der Waals surface area contributed by atoms with E-state index in [9.17, 15) is 19.2 Å². The van der Waals surface area contributed by atoms with Gasteiger partial charge in [0.25, 0.3) is 0 Å². The summed E-state index contributed by atoms with van der Waals surface area (Å²) in [5, 5.41) is 0. The predicted octanol–water partition coefficient (Wildman–Crippen LogP) is 1.36. The van der Waals surface area contributed by atoms with Crippen LogP contribution in [0.5, 0.6) is 0 Å². The molecule has 0 N–H and O–H groups in total. The average molecular weight is 464 g/mol. The molecule has 180 valence electrons. The van der Waals surface area contributed by atoms with Crippen molar-refractivity contribution in [2.45, 2.75) is 37.1 Å². The van der Waals surface area contributed by atoms with E-state index in [0.717, 1.165) is 0 Å². The van der Waals surface area contributed by atoms with Gasteiger partial charge in [-0.25, -0.2) is 4.79 Å². The van der Waals surface area contributed by atoms with Crippen LogP contribution in [-0.2, 0) is 47.6 Å². The summed E-state index contributed by atoms with van der Waals surface area (Å²) >= 11 is 0. The van der Waals surface area contributed by atoms with Gasteiger partial charge in [0.1, 0.15) is 36.3 Å². The third kappa shape index (κ3) is 4.58. The highest BCUT2D eigenvalue weighted by Crippen LogP contribution is 2.58. The quantitative estimate of drug-likeness (QED) is 0.391. The molecule has 10 nitrogen and oxygen atoms in total. The summed E-state index contributed by atoms with van der Waals surface area (Å²) < 4.78 is 32.2. The zero-order valence-electron chi connectivity index (χ0n) is 19.0. The smallest absolute Gasteiger partial charge is 0.340 e. The van der Waals surface area contributed by atoms with E-state index in [0.29, 0.717) is 5.56 Å². The number of carbonyl (C=O) groups excluding carboxylic acids is 4. The maximum Gasteiger partial charge on any atom is 0.340 e. The van der Waals surface area contributed by atoms with Crippen LogP contribution in [0.3, 0.4) is 0 Å². The Morgan fingerprint density at radius 1 is 0.909 bits per heavy atom. The van der Waals surface area contributed by atoms with Crippen molar-refractivity contribution < 1.29 is 47.6 Å². The predicted molar refractivity (Wildman–Crippen MR) is 111 cm³/mol. The Morgan fingerprint density at radius 2 is 1.42 bits per heavy atom. The van der Waals surface area contributed by atoms with Gasteiger partial charge in [0.2, 0.25) is 0 Å². The molecule has 1 aromatic rings. The van der Waals surface area contributed by atoms with E-state index in [1.807, 2.05) is 6.07 Å². The highest BCUT2D eigenvalue weighted by Gasteiger charge is 2.73. The van der Waals surface area contributed by atoms with Crippen LogP contribution in [0.1, 0.15) is 31.4 Å². The van der Waals surface area contributed by atoms with Crippen LogP contribution in [0.15, 0.2) is 30.3 Å². The highest BCUT2D eigenvalue weighted by molar-refractivity contribution is 5.86. The van der Waals surface area contributed by atoms with Crippen molar-refractivity contribution in [2.75, 3.05) is 34.5 Å². The molecule has 1 aromatic carbocycles. The number of fused-ring (bicyclic) bond motifs is 2. The Hall–Kier alpha value is -2.98. The van der Waals surface area contributed by atoms with Crippen LogP contribution in [0.4, 0.5) is 0 Å². The topological polar surface area (TPSA) is 124 Å². The normalized spacial score (nSPS) is 28.6. The molecule has 0 spiro atoms. The second-order valence-electron chi connectivity index (χ2n) is 8.15. The molecule has 0 unspecified atom stereocenters. The van der Waals surface area contributed by atoms with Crippen molar-refractivity contribution in [3.8, 4) is 0 Å². The maximum absolute atomic E-state index is 12.8. The van der Waals surface area contributed by atoms with Crippen molar-refractivity contribution in [1.82, 2.24) is 0 Å². The fourth-order valence-electron chi connectivity index (χ4n) is 4.80. The van der Waals surface area contributed by atoms with Crippen molar-refractivity contribution in [3.63, 3.8) is 0 Å². The SMILES string of the molecule is COC(=O)[C@@H]1[C@H](C(=O)OC)[C@]2(COC(C)=O)CC[C@@]1(COC(=O)[C@H](OC)c1ccccc1)O2. The Kier molecular flexibility index (Phi) is 7.38. The van der Waals surface area contributed by atoms with Gasteiger partial charge in [-0.15, -0.1) is 0 Å². The zero-order chi connectivity index (χ0) is 24.2. The molecule has 2 heterocycles. The van der Waals surface area contributed by atoms with E-state index >= 15 is 0 Å². The third-order valence-electron chi connectivity index (χ3n) is 6.29. The van der Waals surface area contributed by atoms with Crippen LogP contribution in [0.2, 0.25) is 0 Å². The summed E-state index contributed by atoms with van der Waals surface area (Å²) in [6.45, 7) is 0.651. The van der Waals surface area contributed by atoms with Gasteiger partial charge < -0.3 is 28.4 Å². The fraction of sp³-hybridized carbons (Fsp3) is 0.565. The third-order valence-corrected chi connectivity index (χ3v) is 6.29. The van der Waals surface area contributed by atoms with Crippen molar-refractivity contribution in [2.24, 2.45) is 11.8 Å². The molecule has 2 aliphatic rings. The van der Waals surface area contributed by atoms with Gasteiger partial charge in [0.05, 0.1) is 14.2 Å². The molecule has 2 aliphatic heterocycles. The molecular weight excluding hydrogens is 436 g/mol. The molecule has 0 aliphatic carbocycles. The second-order valence-corrected chi connectivity index (χ2v) is 8.15. The first-order valence-electron chi connectivity index (χ1n) is 10.5. The maximum atomic E-state index is 12.8. The molecule has 2 fully saturated rings. The van der Waals surface area contributed by atoms with E-state index in [-0.39, 0.29) is 26.1 Å². The minimum Gasteiger partial charge on any atom is -0.469 e. The summed E-state index contributed by atoms with van der Waals surface area (Å²) in [6, 6.07) is 8.79. The molecule has 2 saturated heterocycles. The number of hydrogen-bond acceptors (Lipinski definition) is 10.